The summed E-state index contributed by atoms with van der Waals surface area (Å²) < 4.78 is 6.70. The van der Waals surface area contributed by atoms with Gasteiger partial charge in [0.2, 0.25) is 12.3 Å². The maximum absolute atomic E-state index is 12.1. The van der Waals surface area contributed by atoms with Gasteiger partial charge < -0.3 is 4.74 Å². The number of benzene rings is 1. The molecule has 20 heavy (non-hydrogen) atoms. The van der Waals surface area contributed by atoms with Crippen molar-refractivity contribution in [2.24, 2.45) is 0 Å². The summed E-state index contributed by atoms with van der Waals surface area (Å²) in [5.74, 6) is -0.374. The molecule has 0 aliphatic heterocycles. The van der Waals surface area contributed by atoms with Crippen molar-refractivity contribution < 1.29 is 18.9 Å². The molecule has 0 spiro atoms. The third-order valence-corrected chi connectivity index (χ3v) is 2.82. The number of esters is 1. The number of nitrogens with zero attached hydrogens (tertiary/aromatic N) is 1. The van der Waals surface area contributed by atoms with Crippen LogP contribution in [0.2, 0.25) is 0 Å². The number of rotatable bonds is 5. The number of pyridine rings is 1. The largest absolute Gasteiger partial charge is 0.462 e. The first-order valence-electron chi connectivity index (χ1n) is 6.45. The minimum atomic E-state index is -0.371. The maximum Gasteiger partial charge on any atom is 0.338 e. The van der Waals surface area contributed by atoms with Crippen molar-refractivity contribution in [2.45, 2.75) is 13.5 Å². The molecule has 0 fully saturated rings. The molecule has 0 radical (unpaired) electrons. The molecule has 0 aliphatic carbocycles. The second-order valence-electron chi connectivity index (χ2n) is 4.27. The van der Waals surface area contributed by atoms with Gasteiger partial charge in [0.15, 0.2) is 12.4 Å². The standard InChI is InChI=1S/C16H16NO3/c1-2-20-16(19)14-8-6-13(7-9-14)15(18)12-17-10-4-3-5-11-17/h3-11H,2,12H2,1H3/q+1. The van der Waals surface area contributed by atoms with Crippen molar-refractivity contribution in [3.8, 4) is 0 Å². The van der Waals surface area contributed by atoms with Crippen LogP contribution in [0.5, 0.6) is 0 Å². The monoisotopic (exact) mass is 270 g/mol. The van der Waals surface area contributed by atoms with Gasteiger partial charge in [-0.15, -0.1) is 0 Å². The highest BCUT2D eigenvalue weighted by molar-refractivity contribution is 5.96. The molecular formula is C16H16NO3+. The van der Waals surface area contributed by atoms with Gasteiger partial charge in [0.25, 0.3) is 0 Å². The molecule has 0 saturated heterocycles. The zero-order valence-corrected chi connectivity index (χ0v) is 11.3. The second kappa shape index (κ2) is 6.61. The molecule has 102 valence electrons. The summed E-state index contributed by atoms with van der Waals surface area (Å²) >= 11 is 0. The summed E-state index contributed by atoms with van der Waals surface area (Å²) in [7, 11) is 0. The lowest BCUT2D eigenvalue weighted by Crippen LogP contribution is -2.36. The van der Waals surface area contributed by atoms with Crippen LogP contribution >= 0.6 is 0 Å². The highest BCUT2D eigenvalue weighted by atomic mass is 16.5. The Morgan fingerprint density at radius 3 is 2.20 bits per heavy atom. The van der Waals surface area contributed by atoms with Gasteiger partial charge in [-0.2, -0.15) is 4.57 Å². The van der Waals surface area contributed by atoms with Crippen molar-refractivity contribution in [2.75, 3.05) is 6.61 Å². The number of ketones is 1. The summed E-state index contributed by atoms with van der Waals surface area (Å²) in [4.78, 5) is 23.6. The Labute approximate surface area is 117 Å². The maximum atomic E-state index is 12.1. The lowest BCUT2D eigenvalue weighted by atomic mass is 10.1. The zero-order valence-electron chi connectivity index (χ0n) is 11.3. The molecular weight excluding hydrogens is 254 g/mol. The van der Waals surface area contributed by atoms with Crippen LogP contribution in [0.4, 0.5) is 0 Å². The lowest BCUT2D eigenvalue weighted by molar-refractivity contribution is -0.683. The van der Waals surface area contributed by atoms with Crippen molar-refractivity contribution in [3.63, 3.8) is 0 Å². The van der Waals surface area contributed by atoms with Gasteiger partial charge in [-0.05, 0) is 19.1 Å². The van der Waals surface area contributed by atoms with Crippen molar-refractivity contribution in [1.82, 2.24) is 0 Å². The van der Waals surface area contributed by atoms with Gasteiger partial charge in [-0.1, -0.05) is 18.2 Å². The van der Waals surface area contributed by atoms with E-state index in [-0.39, 0.29) is 18.3 Å². The molecule has 0 unspecified atom stereocenters. The topological polar surface area (TPSA) is 47.3 Å². The van der Waals surface area contributed by atoms with E-state index in [2.05, 4.69) is 0 Å². The van der Waals surface area contributed by atoms with E-state index in [0.717, 1.165) is 0 Å². The molecule has 2 aromatic rings. The van der Waals surface area contributed by atoms with Crippen LogP contribution < -0.4 is 4.57 Å². The smallest absolute Gasteiger partial charge is 0.338 e. The van der Waals surface area contributed by atoms with Crippen LogP contribution in [0, 0.1) is 0 Å². The average Bonchev–Trinajstić information content (AvgIpc) is 2.48. The first-order valence-corrected chi connectivity index (χ1v) is 6.45. The Bertz CT molecular complexity index is 591. The number of hydrogen-bond acceptors (Lipinski definition) is 3. The molecule has 0 atom stereocenters. The van der Waals surface area contributed by atoms with Gasteiger partial charge in [0.05, 0.1) is 12.2 Å². The molecule has 0 saturated carbocycles. The Kier molecular flexibility index (Phi) is 4.60. The normalized spacial score (nSPS) is 10.1. The number of ether oxygens (including phenoxy) is 1. The molecule has 4 nitrogen and oxygen atoms in total. The third-order valence-electron chi connectivity index (χ3n) is 2.82. The first kappa shape index (κ1) is 13.9. The molecule has 2 rings (SSSR count). The summed E-state index contributed by atoms with van der Waals surface area (Å²) in [6, 6.07) is 12.2. The Hall–Kier alpha value is -2.49. The predicted octanol–water partition coefficient (Wildman–Crippen LogP) is 2.03. The fraction of sp³-hybridized carbons (Fsp3) is 0.188. The van der Waals surface area contributed by atoms with Crippen LogP contribution in [0.15, 0.2) is 54.9 Å². The predicted molar refractivity (Wildman–Crippen MR) is 73.4 cm³/mol. The Morgan fingerprint density at radius 2 is 1.60 bits per heavy atom. The number of carbonyl (C=O) groups is 2. The fourth-order valence-corrected chi connectivity index (χ4v) is 1.80. The molecule has 4 heteroatoms. The minimum absolute atomic E-state index is 0.00314. The zero-order chi connectivity index (χ0) is 14.4. The van der Waals surface area contributed by atoms with E-state index in [4.69, 9.17) is 4.74 Å². The van der Waals surface area contributed by atoms with Crippen molar-refractivity contribution in [1.29, 1.82) is 0 Å². The number of hydrogen-bond donors (Lipinski definition) is 0. The van der Waals surface area contributed by atoms with Gasteiger partial charge in [0.1, 0.15) is 0 Å². The molecule has 0 bridgehead atoms. The molecule has 1 heterocycles. The molecule has 1 aromatic carbocycles. The van der Waals surface area contributed by atoms with E-state index < -0.39 is 0 Å². The van der Waals surface area contributed by atoms with Crippen molar-refractivity contribution >= 4 is 11.8 Å². The fourth-order valence-electron chi connectivity index (χ4n) is 1.80. The number of aromatic nitrogens is 1. The SMILES string of the molecule is CCOC(=O)c1ccc(C(=O)C[n+]2ccccc2)cc1. The first-order chi connectivity index (χ1) is 9.70. The molecule has 0 N–H and O–H groups in total. The van der Waals surface area contributed by atoms with Crippen LogP contribution in [0.3, 0.4) is 0 Å². The Morgan fingerprint density at radius 1 is 1.00 bits per heavy atom. The molecule has 0 aliphatic rings. The highest BCUT2D eigenvalue weighted by Gasteiger charge is 2.13. The van der Waals surface area contributed by atoms with Gasteiger partial charge in [0, 0.05) is 17.7 Å². The van der Waals surface area contributed by atoms with Gasteiger partial charge in [-0.3, -0.25) is 4.79 Å². The summed E-state index contributed by atoms with van der Waals surface area (Å²) in [6.07, 6.45) is 3.68. The highest BCUT2D eigenvalue weighted by Crippen LogP contribution is 2.07. The third kappa shape index (κ3) is 3.51. The van der Waals surface area contributed by atoms with Crippen molar-refractivity contribution in [3.05, 3.63) is 66.0 Å². The number of carbonyl (C=O) groups excluding carboxylic acids is 2. The second-order valence-corrected chi connectivity index (χ2v) is 4.27. The van der Waals surface area contributed by atoms with Gasteiger partial charge >= 0.3 is 5.97 Å². The summed E-state index contributed by atoms with van der Waals surface area (Å²) in [5, 5.41) is 0. The van der Waals surface area contributed by atoms with Crippen LogP contribution in [0.1, 0.15) is 27.6 Å². The van der Waals surface area contributed by atoms with E-state index in [9.17, 15) is 9.59 Å². The molecule has 0 amide bonds. The minimum Gasteiger partial charge on any atom is -0.462 e. The quantitative estimate of drug-likeness (QED) is 0.474. The van der Waals surface area contributed by atoms with E-state index in [0.29, 0.717) is 17.7 Å². The van der Waals surface area contributed by atoms with E-state index in [1.807, 2.05) is 35.2 Å². The number of Topliss-reactive ketones (excluding diaryl/α,β-unsaturated/α-hetero) is 1. The van der Waals surface area contributed by atoms with E-state index in [1.54, 1.807) is 31.2 Å². The Balaban J connectivity index is 2.06. The van der Waals surface area contributed by atoms with E-state index in [1.165, 1.54) is 0 Å². The summed E-state index contributed by atoms with van der Waals surface area (Å²) in [5.41, 5.74) is 1.03. The van der Waals surface area contributed by atoms with Crippen LogP contribution in [0.25, 0.3) is 0 Å². The molecule has 1 aromatic heterocycles. The van der Waals surface area contributed by atoms with E-state index >= 15 is 0 Å². The lowest BCUT2D eigenvalue weighted by Gasteiger charge is -2.02. The van der Waals surface area contributed by atoms with Crippen LogP contribution in [-0.4, -0.2) is 18.4 Å². The van der Waals surface area contributed by atoms with Crippen LogP contribution in [-0.2, 0) is 11.3 Å². The summed E-state index contributed by atoms with van der Waals surface area (Å²) in [6.45, 7) is 2.37. The average molecular weight is 270 g/mol. The van der Waals surface area contributed by atoms with Gasteiger partial charge in [-0.25, -0.2) is 4.79 Å².